The number of aryl methyl sites for hydroxylation is 1. The molecular weight excluding hydrogens is 297 g/mol. The van der Waals surface area contributed by atoms with Crippen molar-refractivity contribution in [3.8, 4) is 0 Å². The Morgan fingerprint density at radius 2 is 1.79 bits per heavy atom. The largest absolute Gasteiger partial charge is 0.203 e. The van der Waals surface area contributed by atoms with Gasteiger partial charge >= 0.3 is 0 Å². The van der Waals surface area contributed by atoms with Crippen LogP contribution in [-0.2, 0) is 6.42 Å². The molecule has 0 aliphatic carbocycles. The monoisotopic (exact) mass is 308 g/mol. The fraction of sp³-hybridized carbons (Fsp3) is 0.273. The van der Waals surface area contributed by atoms with Crippen LogP contribution in [0.3, 0.4) is 0 Å². The number of hydrogen-bond acceptors (Lipinski definition) is 0. The highest BCUT2D eigenvalue weighted by Gasteiger charge is 2.05. The molecule has 1 aromatic rings. The third-order valence-corrected chi connectivity index (χ3v) is 2.39. The van der Waals surface area contributed by atoms with Crippen LogP contribution in [0.2, 0.25) is 0 Å². The van der Waals surface area contributed by atoms with Gasteiger partial charge in [0.05, 0.1) is 0 Å². The maximum atomic E-state index is 13.1. The number of rotatable bonds is 3. The highest BCUT2D eigenvalue weighted by molar-refractivity contribution is 14.1. The molecule has 0 saturated carbocycles. The molecule has 76 valence electrons. The lowest BCUT2D eigenvalue weighted by Gasteiger charge is -2.00. The molecule has 0 aliphatic rings. The van der Waals surface area contributed by atoms with Gasteiger partial charge in [-0.1, -0.05) is 37.6 Å². The van der Waals surface area contributed by atoms with Crippen molar-refractivity contribution in [2.45, 2.75) is 19.8 Å². The second-order valence-corrected chi connectivity index (χ2v) is 3.97. The standard InChI is InChI=1S/C11H11F2I/c1-2-3-8-4-6-9(7-5-8)10(12)11(13)14/h4-7H,2-3H2,1H3/b11-10+. The van der Waals surface area contributed by atoms with Gasteiger partial charge < -0.3 is 0 Å². The van der Waals surface area contributed by atoms with Gasteiger partial charge in [0.1, 0.15) is 0 Å². The molecule has 0 aliphatic heterocycles. The van der Waals surface area contributed by atoms with Gasteiger partial charge in [0.2, 0.25) is 0 Å². The minimum atomic E-state index is -0.800. The highest BCUT2D eigenvalue weighted by Crippen LogP contribution is 2.25. The van der Waals surface area contributed by atoms with E-state index in [2.05, 4.69) is 6.92 Å². The quantitative estimate of drug-likeness (QED) is 0.714. The summed E-state index contributed by atoms with van der Waals surface area (Å²) in [5.41, 5.74) is 1.45. The fourth-order valence-corrected chi connectivity index (χ4v) is 1.53. The summed E-state index contributed by atoms with van der Waals surface area (Å²) in [6.07, 6.45) is 2.02. The number of halogens is 3. The summed E-state index contributed by atoms with van der Waals surface area (Å²) in [6.45, 7) is 2.08. The van der Waals surface area contributed by atoms with Crippen molar-refractivity contribution in [1.82, 2.24) is 0 Å². The predicted octanol–water partition coefficient (Wildman–Crippen LogP) is 4.64. The number of hydrogen-bond donors (Lipinski definition) is 0. The average Bonchev–Trinajstić information content (AvgIpc) is 2.18. The molecule has 0 atom stereocenters. The average molecular weight is 308 g/mol. The molecule has 0 radical (unpaired) electrons. The van der Waals surface area contributed by atoms with Crippen LogP contribution in [0.4, 0.5) is 8.78 Å². The van der Waals surface area contributed by atoms with E-state index in [1.54, 1.807) is 12.1 Å². The molecule has 0 amide bonds. The van der Waals surface area contributed by atoms with Crippen LogP contribution in [0.1, 0.15) is 24.5 Å². The Bertz CT molecular complexity index is 324. The second-order valence-electron chi connectivity index (χ2n) is 3.02. The van der Waals surface area contributed by atoms with Crippen LogP contribution in [0.25, 0.3) is 5.83 Å². The highest BCUT2D eigenvalue weighted by atomic mass is 127. The molecule has 1 aromatic carbocycles. The summed E-state index contributed by atoms with van der Waals surface area (Å²) in [5, 5.41) is 0. The summed E-state index contributed by atoms with van der Waals surface area (Å²) in [5.74, 6) is -0.784. The van der Waals surface area contributed by atoms with Crippen LogP contribution in [0.5, 0.6) is 0 Å². The van der Waals surface area contributed by atoms with Gasteiger partial charge in [-0.2, -0.15) is 4.39 Å². The van der Waals surface area contributed by atoms with Crippen molar-refractivity contribution in [2.75, 3.05) is 0 Å². The predicted molar refractivity (Wildman–Crippen MR) is 63.6 cm³/mol. The SMILES string of the molecule is CCCc1ccc(/C(F)=C(/F)I)cc1. The summed E-state index contributed by atoms with van der Waals surface area (Å²) >= 11 is 1.34. The van der Waals surface area contributed by atoms with Crippen molar-refractivity contribution >= 4 is 28.4 Å². The first-order chi connectivity index (χ1) is 6.65. The van der Waals surface area contributed by atoms with Crippen molar-refractivity contribution in [2.24, 2.45) is 0 Å². The van der Waals surface area contributed by atoms with Crippen molar-refractivity contribution in [3.63, 3.8) is 0 Å². The molecule has 0 unspecified atom stereocenters. The first kappa shape index (κ1) is 11.6. The van der Waals surface area contributed by atoms with E-state index in [1.807, 2.05) is 12.1 Å². The van der Waals surface area contributed by atoms with E-state index in [-0.39, 0.29) is 0 Å². The molecule has 0 fully saturated rings. The van der Waals surface area contributed by atoms with Gasteiger partial charge in [0.15, 0.2) is 9.66 Å². The first-order valence-corrected chi connectivity index (χ1v) is 5.53. The molecule has 0 N–H and O–H groups in total. The first-order valence-electron chi connectivity index (χ1n) is 4.45. The molecule has 0 nitrogen and oxygen atoms in total. The van der Waals surface area contributed by atoms with E-state index in [1.165, 1.54) is 22.6 Å². The lowest BCUT2D eigenvalue weighted by atomic mass is 10.1. The van der Waals surface area contributed by atoms with Crippen LogP contribution >= 0.6 is 22.6 Å². The Hall–Kier alpha value is -0.450. The van der Waals surface area contributed by atoms with Crippen molar-refractivity contribution in [1.29, 1.82) is 0 Å². The third-order valence-electron chi connectivity index (χ3n) is 1.91. The maximum absolute atomic E-state index is 13.1. The Balaban J connectivity index is 2.89. The minimum Gasteiger partial charge on any atom is -0.203 e. The molecular formula is C11H11F2I. The van der Waals surface area contributed by atoms with Gasteiger partial charge in [0.25, 0.3) is 0 Å². The molecule has 0 saturated heterocycles. The maximum Gasteiger partial charge on any atom is 0.196 e. The molecule has 1 rings (SSSR count). The second kappa shape index (κ2) is 5.44. The molecule has 0 heterocycles. The Kier molecular flexibility index (Phi) is 4.51. The fourth-order valence-electron chi connectivity index (χ4n) is 1.22. The molecule has 0 bridgehead atoms. The van der Waals surface area contributed by atoms with E-state index in [0.717, 1.165) is 18.4 Å². The number of benzene rings is 1. The van der Waals surface area contributed by atoms with E-state index >= 15 is 0 Å². The zero-order valence-corrected chi connectivity index (χ0v) is 10.0. The summed E-state index contributed by atoms with van der Waals surface area (Å²) in [6, 6.07) is 6.88. The van der Waals surface area contributed by atoms with Gasteiger partial charge in [-0.25, -0.2) is 4.39 Å². The van der Waals surface area contributed by atoms with E-state index in [0.29, 0.717) is 5.56 Å². The van der Waals surface area contributed by atoms with Crippen molar-refractivity contribution in [3.05, 3.63) is 39.2 Å². The van der Waals surface area contributed by atoms with Gasteiger partial charge in [0, 0.05) is 5.56 Å². The normalized spacial score (nSPS) is 12.6. The summed E-state index contributed by atoms with van der Waals surface area (Å²) in [4.78, 5) is 0. The summed E-state index contributed by atoms with van der Waals surface area (Å²) in [7, 11) is 0. The van der Waals surface area contributed by atoms with Crippen LogP contribution < -0.4 is 0 Å². The van der Waals surface area contributed by atoms with Gasteiger partial charge in [-0.3, -0.25) is 0 Å². The Morgan fingerprint density at radius 3 is 2.21 bits per heavy atom. The minimum absolute atomic E-state index is 0.303. The molecule has 3 heteroatoms. The lowest BCUT2D eigenvalue weighted by Crippen LogP contribution is -1.84. The van der Waals surface area contributed by atoms with Crippen molar-refractivity contribution < 1.29 is 8.78 Å². The Labute approximate surface area is 96.2 Å². The smallest absolute Gasteiger partial charge is 0.196 e. The zero-order chi connectivity index (χ0) is 10.6. The van der Waals surface area contributed by atoms with Gasteiger partial charge in [-0.15, -0.1) is 0 Å². The summed E-state index contributed by atoms with van der Waals surface area (Å²) < 4.78 is 24.8. The van der Waals surface area contributed by atoms with Crippen LogP contribution in [-0.4, -0.2) is 0 Å². The van der Waals surface area contributed by atoms with Gasteiger partial charge in [-0.05, 0) is 34.6 Å². The zero-order valence-electron chi connectivity index (χ0n) is 7.86. The Morgan fingerprint density at radius 1 is 1.21 bits per heavy atom. The van der Waals surface area contributed by atoms with E-state index in [4.69, 9.17) is 0 Å². The van der Waals surface area contributed by atoms with Crippen LogP contribution in [0.15, 0.2) is 28.1 Å². The molecule has 0 spiro atoms. The molecule has 0 aromatic heterocycles. The van der Waals surface area contributed by atoms with Crippen LogP contribution in [0, 0.1) is 0 Å². The van der Waals surface area contributed by atoms with E-state index in [9.17, 15) is 8.78 Å². The lowest BCUT2D eigenvalue weighted by molar-refractivity contribution is 0.663. The molecule has 14 heavy (non-hydrogen) atoms. The third kappa shape index (κ3) is 3.04. The van der Waals surface area contributed by atoms with E-state index < -0.39 is 9.66 Å². The topological polar surface area (TPSA) is 0 Å².